The van der Waals surface area contributed by atoms with Gasteiger partial charge < -0.3 is 21.9 Å². The third kappa shape index (κ3) is 9.88. The van der Waals surface area contributed by atoms with E-state index in [-0.39, 0.29) is 48.1 Å². The molecule has 5 N–H and O–H groups in total. The van der Waals surface area contributed by atoms with Gasteiger partial charge in [0.25, 0.3) is 0 Å². The monoisotopic (exact) mass is 329 g/mol. The fourth-order valence-corrected chi connectivity index (χ4v) is 0.995. The summed E-state index contributed by atoms with van der Waals surface area (Å²) in [6, 6.07) is -3.65. The van der Waals surface area contributed by atoms with E-state index in [1.165, 1.54) is 0 Å². The van der Waals surface area contributed by atoms with Crippen LogP contribution in [0.15, 0.2) is 0 Å². The number of carboxylic acid groups (broad SMARTS) is 4. The van der Waals surface area contributed by atoms with E-state index < -0.39 is 48.8 Å². The molecule has 1 unspecified atom stereocenters. The first kappa shape index (κ1) is 23.5. The number of carbonyl (C=O) groups is 4. The Labute approximate surface area is 141 Å². The molecule has 0 fully saturated rings. The minimum Gasteiger partial charge on any atom is -1.00 e. The molecule has 0 bridgehead atoms. The van der Waals surface area contributed by atoms with Crippen molar-refractivity contribution >= 4 is 23.9 Å². The van der Waals surface area contributed by atoms with E-state index in [4.69, 9.17) is 20.4 Å². The van der Waals surface area contributed by atoms with Crippen molar-refractivity contribution in [2.45, 2.75) is 24.9 Å². The number of hydrogen-bond acceptors (Lipinski definition) is 5. The van der Waals surface area contributed by atoms with Crippen LogP contribution in [0.4, 0.5) is 0 Å². The summed E-state index contributed by atoms with van der Waals surface area (Å²) in [6.07, 6.45) is -0.933. The van der Waals surface area contributed by atoms with Crippen molar-refractivity contribution < 1.29 is 87.7 Å². The zero-order chi connectivity index (χ0) is 13.6. The molecule has 0 saturated heterocycles. The minimum atomic E-state index is -2.09. The van der Waals surface area contributed by atoms with Crippen molar-refractivity contribution in [3.05, 3.63) is 0 Å². The zero-order valence-corrected chi connectivity index (χ0v) is 12.9. The van der Waals surface area contributed by atoms with Crippen LogP contribution in [0, 0.1) is 0 Å². The summed E-state index contributed by atoms with van der Waals surface area (Å²) in [6.45, 7) is 0. The van der Waals surface area contributed by atoms with Crippen molar-refractivity contribution in [2.24, 2.45) is 0 Å². The summed E-state index contributed by atoms with van der Waals surface area (Å²) < 4.78 is 0. The van der Waals surface area contributed by atoms with Crippen LogP contribution in [0.3, 0.4) is 0 Å². The first-order chi connectivity index (χ1) is 7.75. The fourth-order valence-electron chi connectivity index (χ4n) is 0.995. The molecule has 1 atom stereocenters. The number of nitrogens with one attached hydrogen (secondary N) is 1. The van der Waals surface area contributed by atoms with Crippen LogP contribution in [-0.2, 0) is 36.2 Å². The average Bonchev–Trinajstić information content (AvgIpc) is 2.15. The van der Waals surface area contributed by atoms with Crippen LogP contribution in [0.25, 0.3) is 0 Å². The molecular weight excluding hydrogens is 317 g/mol. The Morgan fingerprint density at radius 2 is 1.37 bits per heavy atom. The van der Waals surface area contributed by atoms with Crippen molar-refractivity contribution in [2.75, 3.05) is 0 Å². The molecule has 9 nitrogen and oxygen atoms in total. The van der Waals surface area contributed by atoms with Crippen LogP contribution in [0.1, 0.15) is 14.3 Å². The summed E-state index contributed by atoms with van der Waals surface area (Å²) in [5, 5.41) is 35.8. The van der Waals surface area contributed by atoms with Crippen molar-refractivity contribution in [1.82, 2.24) is 5.32 Å². The molecule has 0 spiro atoms. The van der Waals surface area contributed by atoms with Crippen molar-refractivity contribution in [3.8, 4) is 0 Å². The summed E-state index contributed by atoms with van der Waals surface area (Å²) >= 11 is 0. The summed E-state index contributed by atoms with van der Waals surface area (Å²) in [4.78, 5) is 41.8. The normalized spacial score (nSPS) is 10.8. The van der Waals surface area contributed by atoms with Gasteiger partial charge in [-0.25, -0.2) is 9.59 Å². The van der Waals surface area contributed by atoms with E-state index in [0.29, 0.717) is 0 Å². The third-order valence-corrected chi connectivity index (χ3v) is 1.81. The third-order valence-electron chi connectivity index (χ3n) is 1.81. The molecule has 11 heteroatoms. The van der Waals surface area contributed by atoms with Gasteiger partial charge in [-0.1, -0.05) is 0 Å². The Kier molecular flexibility index (Phi) is 13.8. The van der Waals surface area contributed by atoms with Crippen LogP contribution in [0.5, 0.6) is 0 Å². The van der Waals surface area contributed by atoms with Crippen LogP contribution in [-0.4, -0.2) is 56.4 Å². The summed E-state index contributed by atoms with van der Waals surface area (Å²) in [5.74, 6) is -6.28. The predicted octanol–water partition coefficient (Wildman–Crippen LogP) is -4.45. The van der Waals surface area contributed by atoms with Gasteiger partial charge in [0, 0.05) is 23.5 Å². The van der Waals surface area contributed by atoms with Crippen molar-refractivity contribution in [3.63, 3.8) is 0 Å². The molecule has 106 valence electrons. The molecule has 19 heavy (non-hydrogen) atoms. The predicted molar refractivity (Wildman–Crippen MR) is 51.6 cm³/mol. The van der Waals surface area contributed by atoms with Crippen LogP contribution >= 0.6 is 0 Å². The molecule has 0 aliphatic heterocycles. The maximum atomic E-state index is 10.7. The number of carboxylic acids is 4. The van der Waals surface area contributed by atoms with Gasteiger partial charge in [0.05, 0.1) is 0 Å². The molecule has 0 aromatic rings. The quantitative estimate of drug-likeness (QED) is 0.218. The molecule has 0 aliphatic rings. The van der Waals surface area contributed by atoms with Gasteiger partial charge in [0.15, 0.2) is 0 Å². The van der Waals surface area contributed by atoms with E-state index in [1.54, 1.807) is 0 Å². The van der Waals surface area contributed by atoms with E-state index in [1.807, 2.05) is 5.32 Å². The zero-order valence-electron chi connectivity index (χ0n) is 10.8. The Bertz CT molecular complexity index is 341. The Balaban J connectivity index is -0.000000427. The first-order valence-electron chi connectivity index (χ1n) is 4.42. The molecule has 0 aromatic heterocycles. The molecule has 0 heterocycles. The summed E-state index contributed by atoms with van der Waals surface area (Å²) in [5.41, 5.74) is 0. The fraction of sp³-hybridized carbons (Fsp3) is 0.500. The van der Waals surface area contributed by atoms with E-state index in [2.05, 4.69) is 0 Å². The number of aliphatic carboxylic acids is 4. The number of hydrogen-bond donors (Lipinski definition) is 5. The second-order valence-electron chi connectivity index (χ2n) is 3.10. The Hall–Kier alpha value is -0.641. The van der Waals surface area contributed by atoms with Gasteiger partial charge in [-0.05, 0) is 6.42 Å². The van der Waals surface area contributed by atoms with E-state index >= 15 is 0 Å². The first-order valence-corrected chi connectivity index (χ1v) is 4.42. The smallest absolute Gasteiger partial charge is 1.00 e. The topological polar surface area (TPSA) is 161 Å². The summed E-state index contributed by atoms with van der Waals surface area (Å²) in [7, 11) is 0. The van der Waals surface area contributed by atoms with Gasteiger partial charge in [0.2, 0.25) is 6.04 Å². The van der Waals surface area contributed by atoms with Gasteiger partial charge in [-0.3, -0.25) is 14.9 Å². The van der Waals surface area contributed by atoms with Gasteiger partial charge in [-0.15, -0.1) is 0 Å². The molecule has 0 aromatic carbocycles. The molecule has 0 radical (unpaired) electrons. The second kappa shape index (κ2) is 11.2. The maximum absolute atomic E-state index is 10.7. The molecule has 0 aliphatic carbocycles. The Morgan fingerprint density at radius 1 is 0.947 bits per heavy atom. The molecule has 0 saturated carbocycles. The maximum Gasteiger partial charge on any atom is 1.00 e. The molecule has 0 rings (SSSR count). The van der Waals surface area contributed by atoms with E-state index in [9.17, 15) is 19.2 Å². The number of rotatable bonds is 8. The minimum absolute atomic E-state index is 0. The van der Waals surface area contributed by atoms with Crippen molar-refractivity contribution in [1.29, 1.82) is 0 Å². The molecule has 0 amide bonds. The van der Waals surface area contributed by atoms with Gasteiger partial charge in [-0.2, -0.15) is 0 Å². The molecular formula is C8H12FeNNaO8. The largest absolute Gasteiger partial charge is 1.00 e. The van der Waals surface area contributed by atoms with Gasteiger partial charge >= 0.3 is 53.4 Å². The Morgan fingerprint density at radius 3 is 1.63 bits per heavy atom. The van der Waals surface area contributed by atoms with E-state index in [0.717, 1.165) is 0 Å². The SMILES string of the molecule is O=C(O)CCC(NC(C(=O)O)C(=O)O)C(=O)O.[Fe].[H-].[Na+]. The second-order valence-corrected chi connectivity index (χ2v) is 3.10. The average molecular weight is 329 g/mol. The van der Waals surface area contributed by atoms with Crippen LogP contribution in [0.2, 0.25) is 0 Å². The van der Waals surface area contributed by atoms with Gasteiger partial charge in [0.1, 0.15) is 6.04 Å². The standard InChI is InChI=1S/C8H11NO8.Fe.Na.H/c10-4(11)2-1-3(6(12)13)9-5(7(14)15)8(16)17;;;/h3,5,9H,1-2H2,(H,10,11)(H,12,13)(H,14,15)(H,16,17);;;/q;;+1;-1. The van der Waals surface area contributed by atoms with Crippen LogP contribution < -0.4 is 34.9 Å².